The van der Waals surface area contributed by atoms with Crippen molar-refractivity contribution in [2.45, 2.75) is 0 Å². The summed E-state index contributed by atoms with van der Waals surface area (Å²) in [5.41, 5.74) is 2.11. The van der Waals surface area contributed by atoms with Crippen LogP contribution in [0, 0.1) is 0 Å². The average molecular weight is 461 g/mol. The van der Waals surface area contributed by atoms with Crippen LogP contribution in [0.2, 0.25) is 10.0 Å². The van der Waals surface area contributed by atoms with Gasteiger partial charge in [-0.2, -0.15) is 5.10 Å². The highest BCUT2D eigenvalue weighted by atomic mass is 35.5. The number of aromatic nitrogens is 2. The fourth-order valence-electron chi connectivity index (χ4n) is 3.44. The number of aromatic carboxylic acids is 1. The van der Waals surface area contributed by atoms with Crippen LogP contribution in [-0.4, -0.2) is 60.1 Å². The van der Waals surface area contributed by atoms with Crippen molar-refractivity contribution in [1.82, 2.24) is 14.7 Å². The van der Waals surface area contributed by atoms with E-state index in [4.69, 9.17) is 32.7 Å². The van der Waals surface area contributed by atoms with Gasteiger partial charge in [-0.25, -0.2) is 4.68 Å². The van der Waals surface area contributed by atoms with Crippen molar-refractivity contribution in [2.24, 2.45) is 0 Å². The molecule has 0 radical (unpaired) electrons. The first-order valence-corrected chi connectivity index (χ1v) is 10.6. The van der Waals surface area contributed by atoms with Gasteiger partial charge >= 0.3 is 0 Å². The maximum atomic E-state index is 11.5. The summed E-state index contributed by atoms with van der Waals surface area (Å²) in [6, 6.07) is 12.6. The molecule has 4 rings (SSSR count). The van der Waals surface area contributed by atoms with Gasteiger partial charge in [0.25, 0.3) is 0 Å². The fraction of sp³-hybridized carbons (Fsp3) is 0.273. The Bertz CT molecular complexity index is 1040. The predicted octanol–water partition coefficient (Wildman–Crippen LogP) is 2.92. The van der Waals surface area contributed by atoms with Gasteiger partial charge in [-0.15, -0.1) is 0 Å². The SMILES string of the molecule is O=C([O-])c1cnn(-c2ccc(-c3c(Cl)cccc3Cl)cc2)c1OCCN1CCOCC1. The summed E-state index contributed by atoms with van der Waals surface area (Å²) in [7, 11) is 0. The van der Waals surface area contributed by atoms with Crippen molar-refractivity contribution in [3.8, 4) is 22.7 Å². The molecule has 9 heteroatoms. The Morgan fingerprint density at radius 1 is 1.10 bits per heavy atom. The van der Waals surface area contributed by atoms with E-state index in [0.717, 1.165) is 24.2 Å². The smallest absolute Gasteiger partial charge is 0.226 e. The Hall–Kier alpha value is -2.58. The van der Waals surface area contributed by atoms with Crippen molar-refractivity contribution in [3.05, 3.63) is 64.3 Å². The van der Waals surface area contributed by atoms with E-state index >= 15 is 0 Å². The topological polar surface area (TPSA) is 79.6 Å². The van der Waals surface area contributed by atoms with Crippen molar-refractivity contribution < 1.29 is 19.4 Å². The monoisotopic (exact) mass is 460 g/mol. The second-order valence-electron chi connectivity index (χ2n) is 7.01. The second kappa shape index (κ2) is 9.70. The third kappa shape index (κ3) is 4.85. The van der Waals surface area contributed by atoms with Gasteiger partial charge < -0.3 is 19.4 Å². The molecule has 7 nitrogen and oxygen atoms in total. The first-order chi connectivity index (χ1) is 15.0. The lowest BCUT2D eigenvalue weighted by atomic mass is 10.1. The second-order valence-corrected chi connectivity index (χ2v) is 7.82. The molecule has 162 valence electrons. The third-order valence-electron chi connectivity index (χ3n) is 5.06. The molecule has 0 spiro atoms. The van der Waals surface area contributed by atoms with E-state index in [1.165, 1.54) is 10.9 Å². The van der Waals surface area contributed by atoms with Crippen LogP contribution < -0.4 is 9.84 Å². The zero-order valence-electron chi connectivity index (χ0n) is 16.6. The number of carboxylic acids is 1. The summed E-state index contributed by atoms with van der Waals surface area (Å²) in [4.78, 5) is 13.7. The van der Waals surface area contributed by atoms with Gasteiger partial charge in [0.2, 0.25) is 5.88 Å². The number of ether oxygens (including phenoxy) is 2. The molecule has 1 saturated heterocycles. The summed E-state index contributed by atoms with van der Waals surface area (Å²) in [6.45, 7) is 3.99. The Labute approximate surface area is 189 Å². The van der Waals surface area contributed by atoms with E-state index in [0.29, 0.717) is 42.1 Å². The molecule has 1 fully saturated rings. The molecular formula is C22H20Cl2N3O4-. The number of nitrogens with zero attached hydrogens (tertiary/aromatic N) is 3. The van der Waals surface area contributed by atoms with Gasteiger partial charge in [0.05, 0.1) is 36.6 Å². The summed E-state index contributed by atoms with van der Waals surface area (Å²) in [5, 5.41) is 16.8. The number of hydrogen-bond donors (Lipinski definition) is 0. The molecule has 2 aromatic carbocycles. The molecular weight excluding hydrogens is 441 g/mol. The maximum absolute atomic E-state index is 11.5. The van der Waals surface area contributed by atoms with Crippen LogP contribution in [-0.2, 0) is 4.74 Å². The van der Waals surface area contributed by atoms with Crippen molar-refractivity contribution in [1.29, 1.82) is 0 Å². The minimum Gasteiger partial charge on any atom is -0.545 e. The minimum absolute atomic E-state index is 0.0970. The Balaban J connectivity index is 1.56. The Kier molecular flexibility index (Phi) is 6.77. The van der Waals surface area contributed by atoms with E-state index in [9.17, 15) is 9.90 Å². The third-order valence-corrected chi connectivity index (χ3v) is 5.69. The normalized spacial score (nSPS) is 14.5. The highest BCUT2D eigenvalue weighted by molar-refractivity contribution is 6.39. The highest BCUT2D eigenvalue weighted by Crippen LogP contribution is 2.35. The molecule has 31 heavy (non-hydrogen) atoms. The molecule has 1 aromatic heterocycles. The van der Waals surface area contributed by atoms with E-state index in [2.05, 4.69) is 10.00 Å². The largest absolute Gasteiger partial charge is 0.545 e. The lowest BCUT2D eigenvalue weighted by molar-refractivity contribution is -0.255. The van der Waals surface area contributed by atoms with E-state index in [1.807, 2.05) is 12.1 Å². The quantitative estimate of drug-likeness (QED) is 0.539. The standard InChI is InChI=1S/C22H21Cl2N3O4/c23-18-2-1-3-19(24)20(18)15-4-6-16(7-5-15)27-21(17(14-25-27)22(28)29)31-13-10-26-8-11-30-12-9-26/h1-7,14H,8-13H2,(H,28,29)/p-1. The summed E-state index contributed by atoms with van der Waals surface area (Å²) in [6.07, 6.45) is 1.23. The van der Waals surface area contributed by atoms with E-state index < -0.39 is 5.97 Å². The summed E-state index contributed by atoms with van der Waals surface area (Å²) >= 11 is 12.6. The molecule has 0 atom stereocenters. The molecule has 0 bridgehead atoms. The molecule has 0 aliphatic carbocycles. The van der Waals surface area contributed by atoms with Gasteiger partial charge in [-0.05, 0) is 29.8 Å². The van der Waals surface area contributed by atoms with Crippen LogP contribution in [0.3, 0.4) is 0 Å². The van der Waals surface area contributed by atoms with Crippen LogP contribution in [0.4, 0.5) is 0 Å². The van der Waals surface area contributed by atoms with E-state index in [1.54, 1.807) is 30.3 Å². The van der Waals surface area contributed by atoms with Crippen LogP contribution in [0.1, 0.15) is 10.4 Å². The zero-order valence-corrected chi connectivity index (χ0v) is 18.1. The Morgan fingerprint density at radius 2 is 1.77 bits per heavy atom. The van der Waals surface area contributed by atoms with E-state index in [-0.39, 0.29) is 11.4 Å². The van der Waals surface area contributed by atoms with Gasteiger partial charge in [0, 0.05) is 35.2 Å². The number of benzene rings is 2. The minimum atomic E-state index is -1.34. The molecule has 0 saturated carbocycles. The number of morpholine rings is 1. The lowest BCUT2D eigenvalue weighted by Crippen LogP contribution is -2.38. The number of halogens is 2. The average Bonchev–Trinajstić information content (AvgIpc) is 3.19. The molecule has 0 amide bonds. The number of carboxylic acid groups (broad SMARTS) is 1. The Morgan fingerprint density at radius 3 is 2.42 bits per heavy atom. The van der Waals surface area contributed by atoms with Gasteiger partial charge in [-0.3, -0.25) is 4.90 Å². The zero-order chi connectivity index (χ0) is 21.8. The van der Waals surface area contributed by atoms with Crippen LogP contribution >= 0.6 is 23.2 Å². The van der Waals surface area contributed by atoms with Crippen LogP contribution in [0.15, 0.2) is 48.7 Å². The summed E-state index contributed by atoms with van der Waals surface area (Å²) in [5.74, 6) is -1.20. The number of carbonyl (C=O) groups is 1. The summed E-state index contributed by atoms with van der Waals surface area (Å²) < 4.78 is 12.6. The molecule has 3 aromatic rings. The fourth-order valence-corrected chi connectivity index (χ4v) is 4.05. The van der Waals surface area contributed by atoms with Crippen molar-refractivity contribution in [3.63, 3.8) is 0 Å². The molecule has 1 aliphatic rings. The maximum Gasteiger partial charge on any atom is 0.226 e. The van der Waals surface area contributed by atoms with Crippen molar-refractivity contribution >= 4 is 29.2 Å². The molecule has 1 aliphatic heterocycles. The molecule has 0 unspecified atom stereocenters. The number of carbonyl (C=O) groups excluding carboxylic acids is 1. The van der Waals surface area contributed by atoms with Gasteiger partial charge in [-0.1, -0.05) is 41.4 Å². The number of hydrogen-bond acceptors (Lipinski definition) is 6. The van der Waals surface area contributed by atoms with Crippen LogP contribution in [0.5, 0.6) is 5.88 Å². The number of rotatable bonds is 7. The molecule has 0 N–H and O–H groups in total. The highest BCUT2D eigenvalue weighted by Gasteiger charge is 2.17. The predicted molar refractivity (Wildman–Crippen MR) is 116 cm³/mol. The van der Waals surface area contributed by atoms with Crippen molar-refractivity contribution in [2.75, 3.05) is 39.5 Å². The van der Waals surface area contributed by atoms with Gasteiger partial charge in [0.15, 0.2) is 0 Å². The first kappa shape index (κ1) is 21.6. The molecule has 2 heterocycles. The van der Waals surface area contributed by atoms with Crippen LogP contribution in [0.25, 0.3) is 16.8 Å². The van der Waals surface area contributed by atoms with Gasteiger partial charge in [0.1, 0.15) is 6.61 Å². The lowest BCUT2D eigenvalue weighted by Gasteiger charge is -2.26. The first-order valence-electron chi connectivity index (χ1n) is 9.81.